The van der Waals surface area contributed by atoms with Gasteiger partial charge in [-0.3, -0.25) is 4.90 Å². The van der Waals surface area contributed by atoms with Gasteiger partial charge in [0.2, 0.25) is 10.0 Å². The molecule has 1 aromatic rings. The third-order valence-corrected chi connectivity index (χ3v) is 6.60. The first-order chi connectivity index (χ1) is 10.5. The van der Waals surface area contributed by atoms with E-state index in [4.69, 9.17) is 4.74 Å². The molecule has 2 saturated heterocycles. The lowest BCUT2D eigenvalue weighted by Crippen LogP contribution is -2.64. The van der Waals surface area contributed by atoms with Crippen LogP contribution in [0.1, 0.15) is 24.8 Å². The monoisotopic (exact) mass is 345 g/mol. The molecule has 2 aliphatic heterocycles. The van der Waals surface area contributed by atoms with Crippen molar-refractivity contribution in [2.75, 3.05) is 32.0 Å². The van der Waals surface area contributed by atoms with Crippen LogP contribution < -0.4 is 4.72 Å². The zero-order valence-corrected chi connectivity index (χ0v) is 14.5. The van der Waals surface area contributed by atoms with Gasteiger partial charge in [-0.25, -0.2) is 18.1 Å². The van der Waals surface area contributed by atoms with E-state index in [9.17, 15) is 8.42 Å². The summed E-state index contributed by atoms with van der Waals surface area (Å²) in [5, 5.41) is 3.15. The second-order valence-corrected chi connectivity index (χ2v) is 9.30. The zero-order valence-electron chi connectivity index (χ0n) is 12.8. The van der Waals surface area contributed by atoms with E-state index in [1.54, 1.807) is 18.3 Å². The number of ether oxygens (including phenoxy) is 1. The molecule has 22 heavy (non-hydrogen) atoms. The summed E-state index contributed by atoms with van der Waals surface area (Å²) in [6, 6.07) is 0. The predicted molar refractivity (Wildman–Crippen MR) is 86.3 cm³/mol. The Hall–Kier alpha value is -0.540. The number of likely N-dealkylation sites (tertiary alicyclic amines) is 1. The van der Waals surface area contributed by atoms with E-state index in [1.165, 1.54) is 0 Å². The first kappa shape index (κ1) is 16.3. The van der Waals surface area contributed by atoms with Gasteiger partial charge in [-0.05, 0) is 25.7 Å². The van der Waals surface area contributed by atoms with E-state index in [1.807, 2.05) is 11.6 Å². The van der Waals surface area contributed by atoms with Crippen molar-refractivity contribution < 1.29 is 13.2 Å². The van der Waals surface area contributed by atoms with Crippen molar-refractivity contribution in [2.45, 2.75) is 31.9 Å². The Morgan fingerprint density at radius 3 is 2.95 bits per heavy atom. The normalized spacial score (nSPS) is 25.2. The smallest absolute Gasteiger partial charge is 0.211 e. The van der Waals surface area contributed by atoms with Gasteiger partial charge in [0, 0.05) is 31.2 Å². The first-order valence-electron chi connectivity index (χ1n) is 7.72. The van der Waals surface area contributed by atoms with Crippen molar-refractivity contribution in [3.63, 3.8) is 0 Å². The second-order valence-electron chi connectivity index (χ2n) is 6.22. The molecule has 124 valence electrons. The number of aromatic nitrogens is 1. The van der Waals surface area contributed by atoms with E-state index >= 15 is 0 Å². The van der Waals surface area contributed by atoms with E-state index < -0.39 is 10.0 Å². The molecule has 0 amide bonds. The minimum atomic E-state index is -3.10. The Bertz CT molecular complexity index is 572. The summed E-state index contributed by atoms with van der Waals surface area (Å²) in [6.07, 6.45) is 3.88. The predicted octanol–water partition coefficient (Wildman–Crippen LogP) is 1.06. The minimum Gasteiger partial charge on any atom is -0.372 e. The number of sulfonamides is 1. The fraction of sp³-hybridized carbons (Fsp3) is 0.786. The molecule has 1 unspecified atom stereocenters. The maximum atomic E-state index is 11.5. The highest BCUT2D eigenvalue weighted by Gasteiger charge is 2.46. The summed E-state index contributed by atoms with van der Waals surface area (Å²) in [7, 11) is -3.10. The largest absolute Gasteiger partial charge is 0.372 e. The Morgan fingerprint density at radius 2 is 2.36 bits per heavy atom. The van der Waals surface area contributed by atoms with Crippen molar-refractivity contribution in [1.29, 1.82) is 0 Å². The molecule has 3 heterocycles. The van der Waals surface area contributed by atoms with Crippen LogP contribution in [0.5, 0.6) is 0 Å². The van der Waals surface area contributed by atoms with Gasteiger partial charge < -0.3 is 4.74 Å². The molecule has 0 saturated carbocycles. The molecule has 2 aliphatic rings. The molecule has 6 nitrogen and oxygen atoms in total. The summed E-state index contributed by atoms with van der Waals surface area (Å²) >= 11 is 1.69. The summed E-state index contributed by atoms with van der Waals surface area (Å²) in [4.78, 5) is 6.67. The fourth-order valence-corrected chi connectivity index (χ4v) is 4.43. The van der Waals surface area contributed by atoms with Gasteiger partial charge >= 0.3 is 0 Å². The highest BCUT2D eigenvalue weighted by Crippen LogP contribution is 2.36. The van der Waals surface area contributed by atoms with Crippen LogP contribution in [-0.4, -0.2) is 55.9 Å². The highest BCUT2D eigenvalue weighted by molar-refractivity contribution is 7.89. The van der Waals surface area contributed by atoms with Crippen LogP contribution in [0, 0.1) is 5.92 Å². The summed E-state index contributed by atoms with van der Waals surface area (Å²) < 4.78 is 31.7. The van der Waals surface area contributed by atoms with Crippen molar-refractivity contribution in [1.82, 2.24) is 14.6 Å². The van der Waals surface area contributed by atoms with Crippen LogP contribution in [0.25, 0.3) is 0 Å². The van der Waals surface area contributed by atoms with Crippen molar-refractivity contribution in [3.05, 3.63) is 16.6 Å². The Kier molecular flexibility index (Phi) is 4.84. The lowest BCUT2D eigenvalue weighted by molar-refractivity contribution is -0.181. The molecular formula is C14H23N3O3S2. The van der Waals surface area contributed by atoms with E-state index in [2.05, 4.69) is 14.6 Å². The number of rotatable bonds is 6. The fourth-order valence-electron chi connectivity index (χ4n) is 3.08. The van der Waals surface area contributed by atoms with Crippen molar-refractivity contribution in [3.8, 4) is 0 Å². The number of nitrogens with zero attached hydrogens (tertiary/aromatic N) is 2. The van der Waals surface area contributed by atoms with E-state index in [0.29, 0.717) is 19.1 Å². The van der Waals surface area contributed by atoms with Crippen molar-refractivity contribution >= 4 is 21.4 Å². The SMILES string of the molecule is CCS(=O)(=O)NCC1CCC2(CN(Cc3nccs3)C2)OC1. The molecule has 0 aliphatic carbocycles. The van der Waals surface area contributed by atoms with Gasteiger partial charge in [0.1, 0.15) is 5.01 Å². The molecule has 2 fully saturated rings. The quantitative estimate of drug-likeness (QED) is 0.835. The topological polar surface area (TPSA) is 71.5 Å². The average Bonchev–Trinajstić information content (AvgIpc) is 2.98. The number of hydrogen-bond donors (Lipinski definition) is 1. The molecule has 1 aromatic heterocycles. The highest BCUT2D eigenvalue weighted by atomic mass is 32.2. The maximum absolute atomic E-state index is 11.5. The average molecular weight is 345 g/mol. The van der Waals surface area contributed by atoms with Gasteiger partial charge in [0.15, 0.2) is 0 Å². The van der Waals surface area contributed by atoms with Crippen LogP contribution in [0.4, 0.5) is 0 Å². The number of nitrogens with one attached hydrogen (secondary N) is 1. The molecule has 1 spiro atoms. The van der Waals surface area contributed by atoms with E-state index in [0.717, 1.165) is 37.5 Å². The molecule has 1 N–H and O–H groups in total. The van der Waals surface area contributed by atoms with Gasteiger partial charge in [-0.15, -0.1) is 11.3 Å². The molecule has 0 bridgehead atoms. The van der Waals surface area contributed by atoms with E-state index in [-0.39, 0.29) is 11.4 Å². The minimum absolute atomic E-state index is 0.00259. The summed E-state index contributed by atoms with van der Waals surface area (Å²) in [6.45, 7) is 5.62. The molecule has 1 atom stereocenters. The van der Waals surface area contributed by atoms with Crippen molar-refractivity contribution in [2.24, 2.45) is 5.92 Å². The van der Waals surface area contributed by atoms with Crippen LogP contribution in [0.15, 0.2) is 11.6 Å². The Labute approximate surface area is 135 Å². The number of hydrogen-bond acceptors (Lipinski definition) is 6. The third-order valence-electron chi connectivity index (χ3n) is 4.47. The number of thiazole rings is 1. The van der Waals surface area contributed by atoms with Crippen LogP contribution >= 0.6 is 11.3 Å². The second kappa shape index (κ2) is 6.52. The molecule has 0 aromatic carbocycles. The summed E-state index contributed by atoms with van der Waals surface area (Å²) in [5.41, 5.74) is -0.00259. The molecule has 3 rings (SSSR count). The van der Waals surface area contributed by atoms with Gasteiger partial charge in [-0.1, -0.05) is 0 Å². The van der Waals surface area contributed by atoms with Crippen LogP contribution in [0.3, 0.4) is 0 Å². The summed E-state index contributed by atoms with van der Waals surface area (Å²) in [5.74, 6) is 0.427. The van der Waals surface area contributed by atoms with Gasteiger partial charge in [0.05, 0.1) is 24.5 Å². The lowest BCUT2D eigenvalue weighted by Gasteiger charge is -2.52. The Balaban J connectivity index is 1.40. The Morgan fingerprint density at radius 1 is 1.55 bits per heavy atom. The maximum Gasteiger partial charge on any atom is 0.211 e. The molecular weight excluding hydrogens is 322 g/mol. The molecule has 8 heteroatoms. The molecule has 0 radical (unpaired) electrons. The van der Waals surface area contributed by atoms with Gasteiger partial charge in [0.25, 0.3) is 0 Å². The van der Waals surface area contributed by atoms with Gasteiger partial charge in [-0.2, -0.15) is 0 Å². The lowest BCUT2D eigenvalue weighted by atomic mass is 9.83. The zero-order chi connectivity index (χ0) is 15.6. The third kappa shape index (κ3) is 3.86. The first-order valence-corrected chi connectivity index (χ1v) is 10.3. The standard InChI is InChI=1S/C14H23N3O3S2/c1-2-22(18,19)16-7-12-3-4-14(20-9-12)10-17(11-14)8-13-15-5-6-21-13/h5-6,12,16H,2-4,7-11H2,1H3. The van der Waals surface area contributed by atoms with Crippen LogP contribution in [0.2, 0.25) is 0 Å². The van der Waals surface area contributed by atoms with Crippen LogP contribution in [-0.2, 0) is 21.3 Å².